The number of nitrogens with zero attached hydrogens (tertiary/aromatic N) is 3. The number of carbonyl (C=O) groups is 2. The van der Waals surface area contributed by atoms with Crippen LogP contribution in [0.1, 0.15) is 23.0 Å². The molecule has 0 saturated carbocycles. The highest BCUT2D eigenvalue weighted by atomic mass is 35.5. The number of carbonyl (C=O) groups excluding carboxylic acids is 2. The summed E-state index contributed by atoms with van der Waals surface area (Å²) in [4.78, 5) is 30.0. The minimum absolute atomic E-state index is 0.0205. The van der Waals surface area contributed by atoms with Crippen LogP contribution < -0.4 is 4.90 Å². The van der Waals surface area contributed by atoms with Crippen molar-refractivity contribution in [3.63, 3.8) is 0 Å². The van der Waals surface area contributed by atoms with E-state index in [1.807, 2.05) is 0 Å². The molecule has 2 aromatic carbocycles. The van der Waals surface area contributed by atoms with Crippen molar-refractivity contribution in [2.24, 2.45) is 0 Å². The lowest BCUT2D eigenvalue weighted by Gasteiger charge is -2.18. The molecule has 0 aliphatic heterocycles. The molecule has 31 heavy (non-hydrogen) atoms. The van der Waals surface area contributed by atoms with Crippen molar-refractivity contribution in [1.29, 1.82) is 5.26 Å². The lowest BCUT2D eigenvalue weighted by Crippen LogP contribution is -2.23. The third kappa shape index (κ3) is 4.80. The summed E-state index contributed by atoms with van der Waals surface area (Å²) >= 11 is 13.1. The fourth-order valence-electron chi connectivity index (χ4n) is 2.66. The van der Waals surface area contributed by atoms with Gasteiger partial charge in [-0.1, -0.05) is 29.3 Å². The van der Waals surface area contributed by atoms with Gasteiger partial charge in [-0.15, -0.1) is 11.3 Å². The van der Waals surface area contributed by atoms with Crippen molar-refractivity contribution in [2.45, 2.75) is 6.92 Å². The summed E-state index contributed by atoms with van der Waals surface area (Å²) in [6, 6.07) is 9.08. The van der Waals surface area contributed by atoms with E-state index in [-0.39, 0.29) is 37.7 Å². The maximum atomic E-state index is 14.2. The van der Waals surface area contributed by atoms with E-state index in [2.05, 4.69) is 4.98 Å². The van der Waals surface area contributed by atoms with Gasteiger partial charge >= 0.3 is 0 Å². The van der Waals surface area contributed by atoms with E-state index in [4.69, 9.17) is 23.2 Å². The molecule has 0 fully saturated rings. The molecule has 10 heteroatoms. The van der Waals surface area contributed by atoms with E-state index in [9.17, 15) is 23.6 Å². The quantitative estimate of drug-likeness (QED) is 0.249. The molecule has 0 aliphatic rings. The number of thiazole rings is 1. The Morgan fingerprint density at radius 2 is 1.87 bits per heavy atom. The zero-order chi connectivity index (χ0) is 22.7. The van der Waals surface area contributed by atoms with Gasteiger partial charge in [-0.2, -0.15) is 5.26 Å². The average Bonchev–Trinajstić information content (AvgIpc) is 3.15. The number of hydrogen-bond donors (Lipinski definition) is 0. The van der Waals surface area contributed by atoms with Crippen LogP contribution in [0.2, 0.25) is 10.0 Å². The number of hydrogen-bond acceptors (Lipinski definition) is 5. The number of anilines is 2. The second kappa shape index (κ2) is 9.35. The maximum absolute atomic E-state index is 14.2. The Labute approximate surface area is 189 Å². The monoisotopic (exact) mass is 477 g/mol. The van der Waals surface area contributed by atoms with E-state index < -0.39 is 23.3 Å². The van der Waals surface area contributed by atoms with Crippen molar-refractivity contribution < 1.29 is 18.4 Å². The molecule has 3 aromatic rings. The van der Waals surface area contributed by atoms with Crippen LogP contribution in [0.5, 0.6) is 0 Å². The van der Waals surface area contributed by atoms with Crippen molar-refractivity contribution in [3.8, 4) is 6.07 Å². The minimum Gasteiger partial charge on any atom is -0.288 e. The molecule has 0 N–H and O–H groups in total. The van der Waals surface area contributed by atoms with Gasteiger partial charge in [0, 0.05) is 18.4 Å². The SMILES string of the molecule is CC(=O)N(c1nc(/C=C(\C#N)C(=O)c2c(Cl)cccc2Cl)cs1)c1ccc(F)cc1F. The molecule has 0 saturated heterocycles. The number of nitriles is 1. The number of aromatic nitrogens is 1. The first kappa shape index (κ1) is 22.6. The molecule has 3 rings (SSSR count). The van der Waals surface area contributed by atoms with E-state index in [0.29, 0.717) is 6.07 Å². The minimum atomic E-state index is -0.941. The number of halogens is 4. The summed E-state index contributed by atoms with van der Waals surface area (Å²) in [5.41, 5.74) is -0.304. The molecule has 0 bridgehead atoms. The van der Waals surface area contributed by atoms with Crippen molar-refractivity contribution in [1.82, 2.24) is 4.98 Å². The number of rotatable bonds is 5. The van der Waals surface area contributed by atoms with E-state index in [1.165, 1.54) is 30.5 Å². The van der Waals surface area contributed by atoms with Gasteiger partial charge in [0.05, 0.1) is 27.0 Å². The number of Topliss-reactive ketones (excluding diaryl/α,β-unsaturated/α-hetero) is 1. The Bertz CT molecular complexity index is 1250. The third-order valence-corrected chi connectivity index (χ3v) is 5.49. The topological polar surface area (TPSA) is 74.1 Å². The van der Waals surface area contributed by atoms with Gasteiger partial charge in [0.25, 0.3) is 0 Å². The second-order valence-corrected chi connectivity index (χ2v) is 7.75. The first-order valence-electron chi connectivity index (χ1n) is 8.54. The summed E-state index contributed by atoms with van der Waals surface area (Å²) in [6.45, 7) is 1.20. The zero-order valence-corrected chi connectivity index (χ0v) is 18.0. The number of amides is 1. The predicted octanol–water partition coefficient (Wildman–Crippen LogP) is 6.20. The van der Waals surface area contributed by atoms with Gasteiger partial charge in [-0.05, 0) is 30.3 Å². The molecule has 1 aromatic heterocycles. The smallest absolute Gasteiger partial charge is 0.230 e. The van der Waals surface area contributed by atoms with Gasteiger partial charge in [0.2, 0.25) is 11.7 Å². The zero-order valence-electron chi connectivity index (χ0n) is 15.7. The Kier molecular flexibility index (Phi) is 6.81. The lowest BCUT2D eigenvalue weighted by molar-refractivity contribution is -0.115. The second-order valence-electron chi connectivity index (χ2n) is 6.10. The van der Waals surface area contributed by atoms with Crippen LogP contribution in [-0.4, -0.2) is 16.7 Å². The van der Waals surface area contributed by atoms with Crippen molar-refractivity contribution >= 4 is 63.1 Å². The van der Waals surface area contributed by atoms with Gasteiger partial charge in [-0.3, -0.25) is 14.5 Å². The standard InChI is InChI=1S/C21H11Cl2F2N3O2S/c1-11(29)28(18-6-5-13(24)8-17(18)25)21-27-14(10-31-21)7-12(9-26)20(30)19-15(22)3-2-4-16(19)23/h2-8,10H,1H3/b12-7+. The molecular formula is C21H11Cl2F2N3O2S. The molecule has 5 nitrogen and oxygen atoms in total. The fourth-order valence-corrected chi connectivity index (χ4v) is 4.07. The largest absolute Gasteiger partial charge is 0.288 e. The molecule has 0 unspecified atom stereocenters. The summed E-state index contributed by atoms with van der Waals surface area (Å²) in [5.74, 6) is -2.98. The molecule has 1 amide bonds. The van der Waals surface area contributed by atoms with Gasteiger partial charge in [0.15, 0.2) is 5.13 Å². The first-order chi connectivity index (χ1) is 14.7. The normalized spacial score (nSPS) is 11.2. The highest BCUT2D eigenvalue weighted by Crippen LogP contribution is 2.32. The Balaban J connectivity index is 1.99. The Hall–Kier alpha value is -3.12. The third-order valence-electron chi connectivity index (χ3n) is 4.01. The number of ketones is 1. The Morgan fingerprint density at radius 1 is 1.19 bits per heavy atom. The number of benzene rings is 2. The highest BCUT2D eigenvalue weighted by Gasteiger charge is 2.23. The summed E-state index contributed by atoms with van der Waals surface area (Å²) < 4.78 is 27.4. The maximum Gasteiger partial charge on any atom is 0.230 e. The molecule has 156 valence electrons. The summed E-state index contributed by atoms with van der Waals surface area (Å²) in [7, 11) is 0. The van der Waals surface area contributed by atoms with E-state index in [0.717, 1.165) is 28.4 Å². The van der Waals surface area contributed by atoms with Crippen LogP contribution in [0.25, 0.3) is 6.08 Å². The summed E-state index contributed by atoms with van der Waals surface area (Å²) in [5, 5.41) is 11.2. The van der Waals surface area contributed by atoms with Crippen LogP contribution in [0.4, 0.5) is 19.6 Å². The van der Waals surface area contributed by atoms with Crippen LogP contribution in [-0.2, 0) is 4.79 Å². The predicted molar refractivity (Wildman–Crippen MR) is 116 cm³/mol. The van der Waals surface area contributed by atoms with Gasteiger partial charge in [-0.25, -0.2) is 13.8 Å². The summed E-state index contributed by atoms with van der Waals surface area (Å²) in [6.07, 6.45) is 1.21. The van der Waals surface area contributed by atoms with Crippen LogP contribution in [0.3, 0.4) is 0 Å². The highest BCUT2D eigenvalue weighted by molar-refractivity contribution is 7.14. The van der Waals surface area contributed by atoms with Gasteiger partial charge in [0.1, 0.15) is 23.3 Å². The first-order valence-corrected chi connectivity index (χ1v) is 10.2. The molecule has 0 spiro atoms. The number of allylic oxidation sites excluding steroid dienone is 1. The van der Waals surface area contributed by atoms with E-state index in [1.54, 1.807) is 12.1 Å². The van der Waals surface area contributed by atoms with Crippen molar-refractivity contribution in [3.05, 3.63) is 80.3 Å². The molecule has 0 atom stereocenters. The van der Waals surface area contributed by atoms with Crippen molar-refractivity contribution in [2.75, 3.05) is 4.90 Å². The fraction of sp³-hybridized carbons (Fsp3) is 0.0476. The molecular weight excluding hydrogens is 467 g/mol. The molecule has 0 radical (unpaired) electrons. The molecule has 0 aliphatic carbocycles. The Morgan fingerprint density at radius 3 is 2.45 bits per heavy atom. The van der Waals surface area contributed by atoms with E-state index >= 15 is 0 Å². The van der Waals surface area contributed by atoms with Gasteiger partial charge < -0.3 is 0 Å². The lowest BCUT2D eigenvalue weighted by atomic mass is 10.0. The van der Waals surface area contributed by atoms with Crippen LogP contribution in [0, 0.1) is 23.0 Å². The average molecular weight is 478 g/mol. The molecule has 1 heterocycles. The van der Waals surface area contributed by atoms with Crippen LogP contribution in [0.15, 0.2) is 47.4 Å². The van der Waals surface area contributed by atoms with Crippen LogP contribution >= 0.6 is 34.5 Å².